The maximum atomic E-state index is 13.2. The fourth-order valence-corrected chi connectivity index (χ4v) is 6.66. The van der Waals surface area contributed by atoms with E-state index in [9.17, 15) is 16.8 Å². The van der Waals surface area contributed by atoms with Crippen LogP contribution in [0.15, 0.2) is 62.7 Å². The third-order valence-corrected chi connectivity index (χ3v) is 9.49. The molecule has 4 rings (SSSR count). The monoisotopic (exact) mass is 504 g/mol. The van der Waals surface area contributed by atoms with Gasteiger partial charge in [-0.25, -0.2) is 8.42 Å². The Balaban J connectivity index is 1.61. The summed E-state index contributed by atoms with van der Waals surface area (Å²) in [5.41, 5.74) is 1.95. The molecule has 184 valence electrons. The summed E-state index contributed by atoms with van der Waals surface area (Å²) in [4.78, 5) is 4.36. The molecule has 2 aliphatic heterocycles. The lowest BCUT2D eigenvalue weighted by Gasteiger charge is -2.30. The molecule has 0 bridgehead atoms. The molecular formula is C24H32N4O4S2. The third-order valence-electron chi connectivity index (χ3n) is 6.33. The van der Waals surface area contributed by atoms with E-state index in [2.05, 4.69) is 9.30 Å². The summed E-state index contributed by atoms with van der Waals surface area (Å²) in [5.74, 6) is 0.393. The van der Waals surface area contributed by atoms with E-state index in [1.165, 1.54) is 4.31 Å². The summed E-state index contributed by atoms with van der Waals surface area (Å²) >= 11 is 0. The average Bonchev–Trinajstić information content (AvgIpc) is 3.31. The lowest BCUT2D eigenvalue weighted by Crippen LogP contribution is -2.43. The van der Waals surface area contributed by atoms with Gasteiger partial charge in [0.05, 0.1) is 23.0 Å². The summed E-state index contributed by atoms with van der Waals surface area (Å²) in [6.07, 6.45) is 3.29. The molecule has 2 saturated heterocycles. The molecule has 0 saturated carbocycles. The molecule has 2 fully saturated rings. The Bertz CT molecular complexity index is 1230. The lowest BCUT2D eigenvalue weighted by molar-refractivity contribution is 0.250. The Kier molecular flexibility index (Phi) is 7.42. The fourth-order valence-electron chi connectivity index (χ4n) is 4.24. The minimum absolute atomic E-state index is 0.0757. The second-order valence-corrected chi connectivity index (χ2v) is 12.6. The minimum Gasteiger partial charge on any atom is -0.343 e. The Morgan fingerprint density at radius 1 is 0.765 bits per heavy atom. The van der Waals surface area contributed by atoms with Crippen molar-refractivity contribution in [1.29, 1.82) is 0 Å². The van der Waals surface area contributed by atoms with Crippen molar-refractivity contribution in [2.45, 2.75) is 42.9 Å². The Hall–Kier alpha value is -2.27. The topological polar surface area (TPSA) is 90.4 Å². The van der Waals surface area contributed by atoms with Crippen molar-refractivity contribution in [3.8, 4) is 0 Å². The van der Waals surface area contributed by atoms with E-state index in [-0.39, 0.29) is 23.0 Å². The molecule has 8 nitrogen and oxygen atoms in total. The highest BCUT2D eigenvalue weighted by Gasteiger charge is 2.34. The molecule has 0 amide bonds. The molecule has 0 N–H and O–H groups in total. The predicted octanol–water partition coefficient (Wildman–Crippen LogP) is 2.84. The van der Waals surface area contributed by atoms with Gasteiger partial charge < -0.3 is 4.90 Å². The zero-order valence-electron chi connectivity index (χ0n) is 19.7. The molecule has 0 unspecified atom stereocenters. The molecule has 0 aliphatic carbocycles. The molecule has 10 heteroatoms. The van der Waals surface area contributed by atoms with Crippen molar-refractivity contribution in [2.75, 3.05) is 39.4 Å². The van der Waals surface area contributed by atoms with Crippen LogP contribution in [0.5, 0.6) is 0 Å². The maximum absolute atomic E-state index is 13.2. The van der Waals surface area contributed by atoms with E-state index in [4.69, 9.17) is 0 Å². The first-order valence-electron chi connectivity index (χ1n) is 11.6. The summed E-state index contributed by atoms with van der Waals surface area (Å²) in [6, 6.07) is 13.4. The van der Waals surface area contributed by atoms with Crippen LogP contribution in [0.4, 0.5) is 0 Å². The van der Waals surface area contributed by atoms with E-state index in [1.54, 1.807) is 53.4 Å². The van der Waals surface area contributed by atoms with Gasteiger partial charge in [-0.3, -0.25) is 4.90 Å². The van der Waals surface area contributed by atoms with Gasteiger partial charge >= 0.3 is 0 Å². The van der Waals surface area contributed by atoms with Gasteiger partial charge in [0.1, 0.15) is 5.84 Å². The number of nitrogens with zero attached hydrogens (tertiary/aromatic N) is 4. The van der Waals surface area contributed by atoms with E-state index >= 15 is 0 Å². The molecular weight excluding hydrogens is 472 g/mol. The number of amidine groups is 1. The summed E-state index contributed by atoms with van der Waals surface area (Å²) in [6.45, 7) is 6.68. The zero-order valence-corrected chi connectivity index (χ0v) is 21.4. The maximum Gasteiger partial charge on any atom is 0.283 e. The van der Waals surface area contributed by atoms with Gasteiger partial charge in [-0.15, -0.1) is 4.40 Å². The molecule has 2 heterocycles. The number of benzene rings is 2. The van der Waals surface area contributed by atoms with E-state index in [0.29, 0.717) is 18.9 Å². The first-order valence-corrected chi connectivity index (χ1v) is 14.5. The largest absolute Gasteiger partial charge is 0.343 e. The first kappa shape index (κ1) is 24.8. The van der Waals surface area contributed by atoms with Gasteiger partial charge in [0.2, 0.25) is 10.0 Å². The highest BCUT2D eigenvalue weighted by molar-refractivity contribution is 7.90. The predicted molar refractivity (Wildman–Crippen MR) is 133 cm³/mol. The molecule has 2 aliphatic rings. The standard InChI is InChI=1S/C24H32N4O4S2/c1-20-6-10-22(11-7-20)33(29,30)25-24(18-26-14-4-3-5-15-26)27-16-17-28(19-27)34(31,32)23-12-8-21(2)9-13-23/h6-13H,3-5,14-19H2,1-2H3/b25-24-. The molecule has 34 heavy (non-hydrogen) atoms. The van der Waals surface area contributed by atoms with Crippen LogP contribution in [0.3, 0.4) is 0 Å². The van der Waals surface area contributed by atoms with Crippen LogP contribution >= 0.6 is 0 Å². The summed E-state index contributed by atoms with van der Waals surface area (Å²) in [7, 11) is -7.60. The van der Waals surface area contributed by atoms with Gasteiger partial charge in [-0.2, -0.15) is 12.7 Å². The number of hydrogen-bond donors (Lipinski definition) is 0. The first-order chi connectivity index (χ1) is 16.1. The Morgan fingerprint density at radius 3 is 1.91 bits per heavy atom. The zero-order chi connectivity index (χ0) is 24.3. The Labute approximate surface area is 203 Å². The third kappa shape index (κ3) is 5.68. The van der Waals surface area contributed by atoms with Crippen molar-refractivity contribution in [2.24, 2.45) is 4.40 Å². The number of sulfonamides is 2. The number of aryl methyl sites for hydroxylation is 2. The average molecular weight is 505 g/mol. The second-order valence-electron chi connectivity index (χ2n) is 9.03. The van der Waals surface area contributed by atoms with Crippen LogP contribution in [0, 0.1) is 13.8 Å². The van der Waals surface area contributed by atoms with Crippen LogP contribution < -0.4 is 0 Å². The van der Waals surface area contributed by atoms with Crippen molar-refractivity contribution in [3.63, 3.8) is 0 Å². The van der Waals surface area contributed by atoms with Crippen molar-refractivity contribution in [3.05, 3.63) is 59.7 Å². The van der Waals surface area contributed by atoms with Crippen LogP contribution in [-0.2, 0) is 20.0 Å². The van der Waals surface area contributed by atoms with Crippen LogP contribution in [-0.4, -0.2) is 76.2 Å². The molecule has 0 radical (unpaired) electrons. The summed E-state index contributed by atoms with van der Waals surface area (Å²) < 4.78 is 58.2. The quantitative estimate of drug-likeness (QED) is 0.444. The SMILES string of the molecule is Cc1ccc(S(=O)(=O)/N=C(/CN2CCCCC2)N2CCN(S(=O)(=O)c3ccc(C)cc3)C2)cc1. The van der Waals surface area contributed by atoms with Gasteiger partial charge in [0.15, 0.2) is 0 Å². The minimum atomic E-state index is -3.92. The van der Waals surface area contributed by atoms with Crippen molar-refractivity contribution < 1.29 is 16.8 Å². The van der Waals surface area contributed by atoms with Crippen LogP contribution in [0.1, 0.15) is 30.4 Å². The van der Waals surface area contributed by atoms with Gasteiger partial charge in [-0.1, -0.05) is 41.8 Å². The Morgan fingerprint density at radius 2 is 1.32 bits per heavy atom. The number of hydrogen-bond acceptors (Lipinski definition) is 5. The fraction of sp³-hybridized carbons (Fsp3) is 0.458. The number of piperidine rings is 1. The van der Waals surface area contributed by atoms with Crippen LogP contribution in [0.2, 0.25) is 0 Å². The van der Waals surface area contributed by atoms with Gasteiger partial charge in [0, 0.05) is 13.1 Å². The smallest absolute Gasteiger partial charge is 0.283 e. The van der Waals surface area contributed by atoms with Crippen LogP contribution in [0.25, 0.3) is 0 Å². The molecule has 2 aromatic carbocycles. The molecule has 0 atom stereocenters. The molecule has 0 aromatic heterocycles. The molecule has 2 aromatic rings. The summed E-state index contributed by atoms with van der Waals surface area (Å²) in [5, 5.41) is 0. The van der Waals surface area contributed by atoms with E-state index in [1.807, 2.05) is 13.8 Å². The van der Waals surface area contributed by atoms with E-state index in [0.717, 1.165) is 43.5 Å². The highest BCUT2D eigenvalue weighted by Crippen LogP contribution is 2.22. The number of rotatable bonds is 6. The van der Waals surface area contributed by atoms with Crippen molar-refractivity contribution >= 4 is 25.9 Å². The highest BCUT2D eigenvalue weighted by atomic mass is 32.2. The van der Waals surface area contributed by atoms with Crippen molar-refractivity contribution in [1.82, 2.24) is 14.1 Å². The lowest BCUT2D eigenvalue weighted by atomic mass is 10.1. The normalized spacial score (nSPS) is 19.0. The second kappa shape index (κ2) is 10.2. The van der Waals surface area contributed by atoms with Gasteiger partial charge in [0.25, 0.3) is 10.0 Å². The molecule has 0 spiro atoms. The van der Waals surface area contributed by atoms with Gasteiger partial charge in [-0.05, 0) is 64.0 Å². The van der Waals surface area contributed by atoms with E-state index < -0.39 is 20.0 Å². The number of likely N-dealkylation sites (tertiary alicyclic amines) is 1.